The number of carbonyl (C=O) groups excluding carboxylic acids is 2. The maximum Gasteiger partial charge on any atom is 0.333 e. The third-order valence-corrected chi connectivity index (χ3v) is 3.44. The largest absolute Gasteiger partial charge is 0.461 e. The van der Waals surface area contributed by atoms with Crippen LogP contribution in [0.25, 0.3) is 0 Å². The molecule has 0 bridgehead atoms. The van der Waals surface area contributed by atoms with Gasteiger partial charge < -0.3 is 9.47 Å². The highest BCUT2D eigenvalue weighted by molar-refractivity contribution is 5.86. The second-order valence-electron chi connectivity index (χ2n) is 7.08. The molecule has 4 heteroatoms. The maximum atomic E-state index is 12.5. The van der Waals surface area contributed by atoms with E-state index >= 15 is 0 Å². The lowest BCUT2D eigenvalue weighted by molar-refractivity contribution is -0.158. The molecule has 0 rings (SSSR count). The van der Waals surface area contributed by atoms with E-state index in [1.165, 1.54) is 0 Å². The van der Waals surface area contributed by atoms with Crippen LogP contribution in [0.3, 0.4) is 0 Å². The Bertz CT molecular complexity index is 442. The molecular weight excluding hydrogens is 280 g/mol. The van der Waals surface area contributed by atoms with E-state index in [-0.39, 0.29) is 24.6 Å². The van der Waals surface area contributed by atoms with Gasteiger partial charge in [-0.3, -0.25) is 4.79 Å². The van der Waals surface area contributed by atoms with Gasteiger partial charge >= 0.3 is 11.9 Å². The van der Waals surface area contributed by atoms with Crippen LogP contribution in [0.15, 0.2) is 24.3 Å². The normalized spacial score (nSPS) is 13.9. The molecule has 0 aliphatic heterocycles. The quantitative estimate of drug-likeness (QED) is 0.294. The first-order valence-electron chi connectivity index (χ1n) is 7.62. The minimum Gasteiger partial charge on any atom is -0.461 e. The minimum atomic E-state index is -0.731. The van der Waals surface area contributed by atoms with Gasteiger partial charge in [-0.25, -0.2) is 4.79 Å². The molecule has 0 heterocycles. The van der Waals surface area contributed by atoms with Crippen molar-refractivity contribution in [3.63, 3.8) is 0 Å². The minimum absolute atomic E-state index is 0.0294. The Morgan fingerprint density at radius 1 is 1.00 bits per heavy atom. The van der Waals surface area contributed by atoms with Gasteiger partial charge in [0.15, 0.2) is 0 Å². The molecule has 0 aliphatic rings. The fourth-order valence-electron chi connectivity index (χ4n) is 2.34. The standard InChI is InChI=1S/C18H30O4/c1-9-14(4)18(8,12-17(5,6)7)16(20)22-11-10-21-15(19)13(2)3/h2,4,9-12H2,1,3,5-8H3. The number of hydrogen-bond acceptors (Lipinski definition) is 4. The molecule has 0 saturated carbocycles. The van der Waals surface area contributed by atoms with Crippen LogP contribution in [0.5, 0.6) is 0 Å². The van der Waals surface area contributed by atoms with E-state index in [2.05, 4.69) is 33.9 Å². The van der Waals surface area contributed by atoms with Crippen molar-refractivity contribution in [1.29, 1.82) is 0 Å². The van der Waals surface area contributed by atoms with Crippen LogP contribution in [-0.2, 0) is 19.1 Å². The zero-order chi connectivity index (χ0) is 17.6. The molecule has 1 unspecified atom stereocenters. The van der Waals surface area contributed by atoms with Gasteiger partial charge in [-0.15, -0.1) is 0 Å². The van der Waals surface area contributed by atoms with E-state index < -0.39 is 11.4 Å². The SMILES string of the molecule is C=C(C)C(=O)OCCOC(=O)C(C)(CC(C)(C)C)C(=C)CC. The summed E-state index contributed by atoms with van der Waals surface area (Å²) in [5, 5.41) is 0. The van der Waals surface area contributed by atoms with E-state index in [1.54, 1.807) is 6.92 Å². The van der Waals surface area contributed by atoms with Gasteiger partial charge in [0.25, 0.3) is 0 Å². The first-order chi connectivity index (χ1) is 9.94. The first kappa shape index (κ1) is 20.4. The Balaban J connectivity index is 4.70. The van der Waals surface area contributed by atoms with Gasteiger partial charge in [0.1, 0.15) is 13.2 Å². The molecular formula is C18H30O4. The predicted molar refractivity (Wildman–Crippen MR) is 88.3 cm³/mol. The Morgan fingerprint density at radius 2 is 1.50 bits per heavy atom. The Hall–Kier alpha value is -1.58. The third-order valence-electron chi connectivity index (χ3n) is 3.44. The molecule has 0 aromatic carbocycles. The third kappa shape index (κ3) is 6.46. The van der Waals surface area contributed by atoms with Crippen molar-refractivity contribution in [1.82, 2.24) is 0 Å². The average molecular weight is 310 g/mol. The molecule has 0 amide bonds. The molecule has 0 aromatic rings. The number of ether oxygens (including phenoxy) is 2. The highest BCUT2D eigenvalue weighted by atomic mass is 16.6. The zero-order valence-corrected chi connectivity index (χ0v) is 14.9. The highest BCUT2D eigenvalue weighted by Gasteiger charge is 2.40. The molecule has 0 spiro atoms. The summed E-state index contributed by atoms with van der Waals surface area (Å²) < 4.78 is 10.2. The number of rotatable bonds is 8. The summed E-state index contributed by atoms with van der Waals surface area (Å²) in [6.45, 7) is 19.2. The van der Waals surface area contributed by atoms with Crippen molar-refractivity contribution in [2.24, 2.45) is 10.8 Å². The molecule has 0 aliphatic carbocycles. The topological polar surface area (TPSA) is 52.6 Å². The summed E-state index contributed by atoms with van der Waals surface area (Å²) >= 11 is 0. The van der Waals surface area contributed by atoms with Crippen molar-refractivity contribution in [3.05, 3.63) is 24.3 Å². The van der Waals surface area contributed by atoms with Gasteiger partial charge in [-0.05, 0) is 32.1 Å². The van der Waals surface area contributed by atoms with E-state index in [4.69, 9.17) is 9.47 Å². The van der Waals surface area contributed by atoms with Crippen LogP contribution in [-0.4, -0.2) is 25.2 Å². The molecule has 0 aromatic heterocycles. The Labute approximate surface area is 134 Å². The summed E-state index contributed by atoms with van der Waals surface area (Å²) in [5.74, 6) is -0.799. The average Bonchev–Trinajstić information content (AvgIpc) is 2.39. The van der Waals surface area contributed by atoms with Gasteiger partial charge in [0.2, 0.25) is 0 Å². The summed E-state index contributed by atoms with van der Waals surface area (Å²) in [7, 11) is 0. The Morgan fingerprint density at radius 3 is 1.91 bits per heavy atom. The molecule has 0 N–H and O–H groups in total. The van der Waals surface area contributed by atoms with Gasteiger partial charge in [-0.2, -0.15) is 0 Å². The second-order valence-corrected chi connectivity index (χ2v) is 7.08. The van der Waals surface area contributed by atoms with Crippen LogP contribution in [0.2, 0.25) is 0 Å². The summed E-state index contributed by atoms with van der Waals surface area (Å²) in [6, 6.07) is 0. The number of carbonyl (C=O) groups is 2. The highest BCUT2D eigenvalue weighted by Crippen LogP contribution is 2.40. The lowest BCUT2D eigenvalue weighted by Gasteiger charge is -2.35. The van der Waals surface area contributed by atoms with Gasteiger partial charge in [0, 0.05) is 5.57 Å². The first-order valence-corrected chi connectivity index (χ1v) is 7.62. The van der Waals surface area contributed by atoms with Crippen LogP contribution < -0.4 is 0 Å². The molecule has 1 atom stereocenters. The maximum absolute atomic E-state index is 12.5. The van der Waals surface area contributed by atoms with Crippen LogP contribution >= 0.6 is 0 Å². The summed E-state index contributed by atoms with van der Waals surface area (Å²) in [5.41, 5.74) is 0.415. The van der Waals surface area contributed by atoms with Gasteiger partial charge in [0.05, 0.1) is 5.41 Å². The van der Waals surface area contributed by atoms with E-state index in [9.17, 15) is 9.59 Å². The lowest BCUT2D eigenvalue weighted by Crippen LogP contribution is -2.36. The van der Waals surface area contributed by atoms with Crippen molar-refractivity contribution in [3.8, 4) is 0 Å². The smallest absolute Gasteiger partial charge is 0.333 e. The predicted octanol–water partition coefficient (Wildman–Crippen LogP) is 4.06. The van der Waals surface area contributed by atoms with E-state index in [0.717, 1.165) is 5.57 Å². The van der Waals surface area contributed by atoms with Crippen LogP contribution in [0.1, 0.15) is 54.4 Å². The van der Waals surface area contributed by atoms with Crippen molar-refractivity contribution in [2.75, 3.05) is 13.2 Å². The second kappa shape index (κ2) is 8.16. The molecule has 22 heavy (non-hydrogen) atoms. The summed E-state index contributed by atoms with van der Waals surface area (Å²) in [6.07, 6.45) is 1.36. The Kier molecular flexibility index (Phi) is 7.57. The fraction of sp³-hybridized carbons (Fsp3) is 0.667. The lowest BCUT2D eigenvalue weighted by atomic mass is 9.70. The van der Waals surface area contributed by atoms with Crippen molar-refractivity contribution >= 4 is 11.9 Å². The monoisotopic (exact) mass is 310 g/mol. The number of esters is 2. The molecule has 4 nitrogen and oxygen atoms in total. The molecule has 126 valence electrons. The molecule has 0 fully saturated rings. The fourth-order valence-corrected chi connectivity index (χ4v) is 2.34. The molecule has 0 saturated heterocycles. The van der Waals surface area contributed by atoms with Crippen molar-refractivity contribution < 1.29 is 19.1 Å². The van der Waals surface area contributed by atoms with E-state index in [1.807, 2.05) is 13.8 Å². The number of hydrogen-bond donors (Lipinski definition) is 0. The van der Waals surface area contributed by atoms with Crippen LogP contribution in [0, 0.1) is 10.8 Å². The molecule has 0 radical (unpaired) electrons. The van der Waals surface area contributed by atoms with Gasteiger partial charge in [-0.1, -0.05) is 46.4 Å². The van der Waals surface area contributed by atoms with Crippen LogP contribution in [0.4, 0.5) is 0 Å². The summed E-state index contributed by atoms with van der Waals surface area (Å²) in [4.78, 5) is 23.7. The zero-order valence-electron chi connectivity index (χ0n) is 14.9. The van der Waals surface area contributed by atoms with Crippen molar-refractivity contribution in [2.45, 2.75) is 54.4 Å². The van der Waals surface area contributed by atoms with E-state index in [0.29, 0.717) is 18.4 Å².